The molecule has 1 aliphatic heterocycles. The van der Waals surface area contributed by atoms with Gasteiger partial charge in [-0.2, -0.15) is 4.52 Å². The van der Waals surface area contributed by atoms with Crippen LogP contribution in [0.15, 0.2) is 59.4 Å². The number of anilines is 2. The number of hydrogen-bond donors (Lipinski definition) is 1. The number of nitrogens with one attached hydrogen (secondary N) is 1. The predicted molar refractivity (Wildman–Crippen MR) is 110 cm³/mol. The summed E-state index contributed by atoms with van der Waals surface area (Å²) in [5.74, 6) is 1.26. The van der Waals surface area contributed by atoms with Crippen molar-refractivity contribution in [3.63, 3.8) is 0 Å². The summed E-state index contributed by atoms with van der Waals surface area (Å²) in [5.41, 5.74) is 4.46. The molecule has 2 aromatic carbocycles. The van der Waals surface area contributed by atoms with E-state index >= 15 is 0 Å². The number of para-hydroxylation sites is 1. The number of nitrogens with zero attached hydrogens (tertiary/aromatic N) is 4. The van der Waals surface area contributed by atoms with Gasteiger partial charge in [-0.3, -0.25) is 4.79 Å². The quantitative estimate of drug-likeness (QED) is 0.596. The SMILES string of the molecule is CCc1nc(N2CCCc3ccccc32)n2nc(-c3ccccc3)[nH]c(=O)c12. The van der Waals surface area contributed by atoms with Gasteiger partial charge in [-0.25, -0.2) is 4.98 Å². The van der Waals surface area contributed by atoms with E-state index in [9.17, 15) is 4.79 Å². The standard InChI is InChI=1S/C22H21N5O/c1-2-17-19-21(28)24-20(16-10-4-3-5-11-16)25-27(19)22(23-17)26-14-8-12-15-9-6-7-13-18(15)26/h3-7,9-11,13H,2,8,12,14H2,1H3,(H,24,25,28). The first-order chi connectivity index (χ1) is 13.8. The van der Waals surface area contributed by atoms with Crippen molar-refractivity contribution in [3.8, 4) is 11.4 Å². The maximum Gasteiger partial charge on any atom is 0.277 e. The fourth-order valence-electron chi connectivity index (χ4n) is 3.95. The second-order valence-electron chi connectivity index (χ2n) is 7.03. The molecule has 140 valence electrons. The lowest BCUT2D eigenvalue weighted by Crippen LogP contribution is -2.27. The second kappa shape index (κ2) is 6.64. The molecular formula is C22H21N5O. The minimum absolute atomic E-state index is 0.158. The lowest BCUT2D eigenvalue weighted by Gasteiger charge is -2.29. The van der Waals surface area contributed by atoms with E-state index < -0.39 is 0 Å². The zero-order valence-electron chi connectivity index (χ0n) is 15.7. The molecule has 2 aromatic heterocycles. The van der Waals surface area contributed by atoms with Crippen LogP contribution in [0.5, 0.6) is 0 Å². The van der Waals surface area contributed by atoms with Crippen molar-refractivity contribution in [2.24, 2.45) is 0 Å². The van der Waals surface area contributed by atoms with E-state index in [4.69, 9.17) is 10.1 Å². The molecule has 0 saturated carbocycles. The van der Waals surface area contributed by atoms with Crippen LogP contribution < -0.4 is 10.5 Å². The van der Waals surface area contributed by atoms with Crippen LogP contribution in [-0.2, 0) is 12.8 Å². The Morgan fingerprint density at radius 3 is 2.68 bits per heavy atom. The Kier molecular flexibility index (Phi) is 3.97. The zero-order valence-corrected chi connectivity index (χ0v) is 15.7. The Morgan fingerprint density at radius 1 is 1.07 bits per heavy atom. The molecule has 6 heteroatoms. The molecule has 1 aliphatic rings. The number of H-pyrrole nitrogens is 1. The van der Waals surface area contributed by atoms with Crippen LogP contribution >= 0.6 is 0 Å². The van der Waals surface area contributed by atoms with Crippen molar-refractivity contribution in [1.82, 2.24) is 19.6 Å². The van der Waals surface area contributed by atoms with Gasteiger partial charge >= 0.3 is 0 Å². The Labute approximate surface area is 162 Å². The predicted octanol–water partition coefficient (Wildman–Crippen LogP) is 3.73. The summed E-state index contributed by atoms with van der Waals surface area (Å²) >= 11 is 0. The minimum Gasteiger partial charge on any atom is -0.310 e. The summed E-state index contributed by atoms with van der Waals surface area (Å²) < 4.78 is 1.72. The lowest BCUT2D eigenvalue weighted by molar-refractivity contribution is 0.735. The monoisotopic (exact) mass is 371 g/mol. The molecule has 1 N–H and O–H groups in total. The third kappa shape index (κ3) is 2.60. The Morgan fingerprint density at radius 2 is 1.86 bits per heavy atom. The number of aryl methyl sites for hydroxylation is 2. The summed E-state index contributed by atoms with van der Waals surface area (Å²) in [5, 5.41) is 4.78. The largest absolute Gasteiger partial charge is 0.310 e. The first kappa shape index (κ1) is 16.7. The fourth-order valence-corrected chi connectivity index (χ4v) is 3.95. The second-order valence-corrected chi connectivity index (χ2v) is 7.03. The zero-order chi connectivity index (χ0) is 19.1. The van der Waals surface area contributed by atoms with E-state index in [-0.39, 0.29) is 5.56 Å². The molecule has 0 bridgehead atoms. The van der Waals surface area contributed by atoms with Gasteiger partial charge in [0.15, 0.2) is 11.3 Å². The summed E-state index contributed by atoms with van der Waals surface area (Å²) in [4.78, 5) is 22.9. The summed E-state index contributed by atoms with van der Waals surface area (Å²) in [6.07, 6.45) is 2.77. The molecule has 0 saturated heterocycles. The van der Waals surface area contributed by atoms with Crippen molar-refractivity contribution in [1.29, 1.82) is 0 Å². The Bertz CT molecular complexity index is 1210. The summed E-state index contributed by atoms with van der Waals surface area (Å²) in [7, 11) is 0. The highest BCUT2D eigenvalue weighted by Crippen LogP contribution is 2.33. The maximum atomic E-state index is 12.9. The average Bonchev–Trinajstić information content (AvgIpc) is 3.13. The highest BCUT2D eigenvalue weighted by atomic mass is 16.1. The number of fused-ring (bicyclic) bond motifs is 2. The summed E-state index contributed by atoms with van der Waals surface area (Å²) in [6.45, 7) is 2.87. The van der Waals surface area contributed by atoms with Gasteiger partial charge in [0, 0.05) is 17.8 Å². The number of hydrogen-bond acceptors (Lipinski definition) is 4. The van der Waals surface area contributed by atoms with E-state index in [1.807, 2.05) is 43.3 Å². The molecule has 0 amide bonds. The van der Waals surface area contributed by atoms with Gasteiger partial charge in [0.25, 0.3) is 5.56 Å². The molecule has 0 unspecified atom stereocenters. The van der Waals surface area contributed by atoms with Crippen LogP contribution in [0.4, 0.5) is 11.6 Å². The van der Waals surface area contributed by atoms with Crippen molar-refractivity contribution < 1.29 is 0 Å². The molecule has 4 aromatic rings. The van der Waals surface area contributed by atoms with Gasteiger partial charge < -0.3 is 9.88 Å². The smallest absolute Gasteiger partial charge is 0.277 e. The van der Waals surface area contributed by atoms with E-state index in [1.165, 1.54) is 5.56 Å². The third-order valence-electron chi connectivity index (χ3n) is 5.29. The normalized spacial score (nSPS) is 13.7. The van der Waals surface area contributed by atoms with Gasteiger partial charge in [-0.05, 0) is 30.9 Å². The topological polar surface area (TPSA) is 66.3 Å². The van der Waals surface area contributed by atoms with E-state index in [0.29, 0.717) is 23.7 Å². The molecule has 28 heavy (non-hydrogen) atoms. The molecule has 0 atom stereocenters. The minimum atomic E-state index is -0.158. The van der Waals surface area contributed by atoms with E-state index in [1.54, 1.807) is 4.52 Å². The number of imidazole rings is 1. The van der Waals surface area contributed by atoms with Gasteiger partial charge in [0.05, 0.1) is 5.69 Å². The van der Waals surface area contributed by atoms with Gasteiger partial charge in [0.1, 0.15) is 0 Å². The Hall–Kier alpha value is -3.41. The first-order valence-electron chi connectivity index (χ1n) is 9.69. The molecule has 6 nitrogen and oxygen atoms in total. The van der Waals surface area contributed by atoms with Crippen molar-refractivity contribution in [2.75, 3.05) is 11.4 Å². The van der Waals surface area contributed by atoms with Crippen molar-refractivity contribution in [3.05, 3.63) is 76.2 Å². The Balaban J connectivity index is 1.76. The van der Waals surface area contributed by atoms with Crippen LogP contribution in [0.1, 0.15) is 24.6 Å². The van der Waals surface area contributed by atoms with Crippen LogP contribution in [0, 0.1) is 0 Å². The molecule has 0 radical (unpaired) electrons. The number of aromatic nitrogens is 4. The highest BCUT2D eigenvalue weighted by molar-refractivity contribution is 5.68. The highest BCUT2D eigenvalue weighted by Gasteiger charge is 2.25. The van der Waals surface area contributed by atoms with E-state index in [0.717, 1.165) is 36.3 Å². The van der Waals surface area contributed by atoms with E-state index in [2.05, 4.69) is 28.1 Å². The van der Waals surface area contributed by atoms with Gasteiger partial charge in [-0.1, -0.05) is 55.5 Å². The first-order valence-corrected chi connectivity index (χ1v) is 9.69. The molecule has 0 fully saturated rings. The average molecular weight is 371 g/mol. The fraction of sp³-hybridized carbons (Fsp3) is 0.227. The molecule has 0 spiro atoms. The molecule has 5 rings (SSSR count). The molecular weight excluding hydrogens is 350 g/mol. The lowest BCUT2D eigenvalue weighted by atomic mass is 10.0. The summed E-state index contributed by atoms with van der Waals surface area (Å²) in [6, 6.07) is 18.1. The van der Waals surface area contributed by atoms with Crippen LogP contribution in [0.2, 0.25) is 0 Å². The van der Waals surface area contributed by atoms with Crippen molar-refractivity contribution >= 4 is 17.2 Å². The van der Waals surface area contributed by atoms with Gasteiger partial charge in [0.2, 0.25) is 5.95 Å². The molecule has 0 aliphatic carbocycles. The number of aromatic amines is 1. The van der Waals surface area contributed by atoms with Crippen LogP contribution in [0.25, 0.3) is 16.9 Å². The van der Waals surface area contributed by atoms with Crippen LogP contribution in [-0.4, -0.2) is 26.1 Å². The third-order valence-corrected chi connectivity index (χ3v) is 5.29. The maximum absolute atomic E-state index is 12.9. The van der Waals surface area contributed by atoms with Crippen LogP contribution in [0.3, 0.4) is 0 Å². The van der Waals surface area contributed by atoms with Gasteiger partial charge in [-0.15, -0.1) is 5.10 Å². The van der Waals surface area contributed by atoms with Crippen molar-refractivity contribution in [2.45, 2.75) is 26.2 Å². The number of rotatable bonds is 3. The number of benzene rings is 2. The molecule has 3 heterocycles.